The predicted octanol–water partition coefficient (Wildman–Crippen LogP) is 4.21. The highest BCUT2D eigenvalue weighted by Crippen LogP contribution is 2.36. The number of alkyl halides is 1. The Morgan fingerprint density at radius 1 is 1.19 bits per heavy atom. The van der Waals surface area contributed by atoms with E-state index in [4.69, 9.17) is 4.74 Å². The lowest BCUT2D eigenvalue weighted by Gasteiger charge is -2.41. The fourth-order valence-electron chi connectivity index (χ4n) is 4.09. The predicted molar refractivity (Wildman–Crippen MR) is 105 cm³/mol. The molecule has 0 amide bonds. The molecule has 1 aliphatic rings. The molecule has 1 aromatic heterocycles. The minimum Gasteiger partial charge on any atom is -0.376 e. The van der Waals surface area contributed by atoms with Crippen LogP contribution >= 0.6 is 0 Å². The van der Waals surface area contributed by atoms with Crippen molar-refractivity contribution in [3.8, 4) is 0 Å². The quantitative estimate of drug-likeness (QED) is 0.709. The summed E-state index contributed by atoms with van der Waals surface area (Å²) in [6, 6.07) is 14.4. The number of imidazole rings is 1. The number of hydrogen-bond donors (Lipinski definition) is 1. The number of nitrogens with one attached hydrogen (secondary N) is 1. The standard InChI is InChI=1S/C22H26FN3O/c1-26-9-7-22(8-10-26,19-5-3-2-4-6-19)15-27-14-18-11-17(13-23)12-20-21(18)25-16-24-20/h2-6,11-12,16H,7-10,13-15H2,1H3,(H,24,25). The summed E-state index contributed by atoms with van der Waals surface area (Å²) in [5.41, 5.74) is 4.71. The van der Waals surface area contributed by atoms with Crippen molar-refractivity contribution in [2.45, 2.75) is 31.5 Å². The Morgan fingerprint density at radius 2 is 1.96 bits per heavy atom. The molecule has 1 saturated heterocycles. The van der Waals surface area contributed by atoms with Gasteiger partial charge in [-0.05, 0) is 56.2 Å². The van der Waals surface area contributed by atoms with Crippen LogP contribution in [-0.2, 0) is 23.4 Å². The number of aromatic amines is 1. The maximum absolute atomic E-state index is 13.2. The fraction of sp³-hybridized carbons (Fsp3) is 0.409. The topological polar surface area (TPSA) is 41.1 Å². The van der Waals surface area contributed by atoms with E-state index in [0.29, 0.717) is 18.8 Å². The molecule has 3 aromatic rings. The summed E-state index contributed by atoms with van der Waals surface area (Å²) in [7, 11) is 2.17. The summed E-state index contributed by atoms with van der Waals surface area (Å²) in [4.78, 5) is 9.83. The number of halogens is 1. The van der Waals surface area contributed by atoms with Crippen LogP contribution in [-0.4, -0.2) is 41.6 Å². The molecule has 1 N–H and O–H groups in total. The molecule has 0 aliphatic carbocycles. The van der Waals surface area contributed by atoms with E-state index in [1.54, 1.807) is 6.33 Å². The van der Waals surface area contributed by atoms with Gasteiger partial charge in [0.1, 0.15) is 6.67 Å². The Labute approximate surface area is 159 Å². The first kappa shape index (κ1) is 18.1. The van der Waals surface area contributed by atoms with Crippen molar-refractivity contribution in [2.24, 2.45) is 0 Å². The lowest BCUT2D eigenvalue weighted by molar-refractivity contribution is 0.0411. The Kier molecular flexibility index (Phi) is 5.23. The monoisotopic (exact) mass is 367 g/mol. The van der Waals surface area contributed by atoms with E-state index < -0.39 is 6.67 Å². The van der Waals surface area contributed by atoms with Crippen LogP contribution in [0, 0.1) is 0 Å². The average Bonchev–Trinajstić information content (AvgIpc) is 3.19. The average molecular weight is 367 g/mol. The van der Waals surface area contributed by atoms with Gasteiger partial charge in [-0.15, -0.1) is 0 Å². The third kappa shape index (κ3) is 3.75. The summed E-state index contributed by atoms with van der Waals surface area (Å²) in [6.45, 7) is 2.76. The molecular weight excluding hydrogens is 341 g/mol. The molecule has 4 nitrogen and oxygen atoms in total. The van der Waals surface area contributed by atoms with E-state index in [9.17, 15) is 4.39 Å². The van der Waals surface area contributed by atoms with Gasteiger partial charge in [-0.2, -0.15) is 0 Å². The summed E-state index contributed by atoms with van der Waals surface area (Å²) in [6.07, 6.45) is 3.81. The third-order valence-electron chi connectivity index (χ3n) is 5.78. The normalized spacial score (nSPS) is 17.4. The van der Waals surface area contributed by atoms with Crippen LogP contribution in [0.2, 0.25) is 0 Å². The van der Waals surface area contributed by atoms with Crippen molar-refractivity contribution in [3.05, 3.63) is 65.5 Å². The SMILES string of the molecule is CN1CCC(COCc2cc(CF)cc3[nH]cnc23)(c2ccccc2)CC1. The Morgan fingerprint density at radius 3 is 2.70 bits per heavy atom. The number of H-pyrrole nitrogens is 1. The molecule has 2 aromatic carbocycles. The van der Waals surface area contributed by atoms with Gasteiger partial charge in [-0.3, -0.25) is 0 Å². The molecule has 0 spiro atoms. The maximum atomic E-state index is 13.2. The van der Waals surface area contributed by atoms with Gasteiger partial charge < -0.3 is 14.6 Å². The number of hydrogen-bond acceptors (Lipinski definition) is 3. The zero-order valence-electron chi connectivity index (χ0n) is 15.7. The highest BCUT2D eigenvalue weighted by molar-refractivity contribution is 5.79. The van der Waals surface area contributed by atoms with Gasteiger partial charge in [0.05, 0.1) is 30.6 Å². The van der Waals surface area contributed by atoms with E-state index >= 15 is 0 Å². The number of piperidine rings is 1. The second kappa shape index (κ2) is 7.79. The molecule has 0 radical (unpaired) electrons. The molecule has 0 unspecified atom stereocenters. The van der Waals surface area contributed by atoms with E-state index in [-0.39, 0.29) is 5.41 Å². The first-order valence-electron chi connectivity index (χ1n) is 9.53. The second-order valence-corrected chi connectivity index (χ2v) is 7.63. The van der Waals surface area contributed by atoms with Crippen LogP contribution < -0.4 is 0 Å². The number of nitrogens with zero attached hydrogens (tertiary/aromatic N) is 2. The van der Waals surface area contributed by atoms with Crippen LogP contribution in [0.25, 0.3) is 11.0 Å². The minimum absolute atomic E-state index is 0.0379. The zero-order chi connectivity index (χ0) is 18.7. The number of benzene rings is 2. The van der Waals surface area contributed by atoms with Gasteiger partial charge >= 0.3 is 0 Å². The molecule has 142 valence electrons. The van der Waals surface area contributed by atoms with E-state index in [2.05, 4.69) is 52.2 Å². The molecule has 0 bridgehead atoms. The van der Waals surface area contributed by atoms with Crippen LogP contribution in [0.1, 0.15) is 29.5 Å². The third-order valence-corrected chi connectivity index (χ3v) is 5.78. The summed E-state index contributed by atoms with van der Waals surface area (Å²) in [5.74, 6) is 0. The Hall–Kier alpha value is -2.24. The number of aromatic nitrogens is 2. The van der Waals surface area contributed by atoms with Gasteiger partial charge in [-0.1, -0.05) is 30.3 Å². The highest BCUT2D eigenvalue weighted by Gasteiger charge is 2.35. The van der Waals surface area contributed by atoms with Gasteiger partial charge in [0.15, 0.2) is 0 Å². The van der Waals surface area contributed by atoms with Gasteiger partial charge in [0.2, 0.25) is 0 Å². The molecule has 4 rings (SSSR count). The summed E-state index contributed by atoms with van der Waals surface area (Å²) < 4.78 is 19.4. The van der Waals surface area contributed by atoms with Crippen molar-refractivity contribution in [2.75, 3.05) is 26.7 Å². The first-order valence-corrected chi connectivity index (χ1v) is 9.53. The van der Waals surface area contributed by atoms with Crippen molar-refractivity contribution in [1.82, 2.24) is 14.9 Å². The van der Waals surface area contributed by atoms with Gasteiger partial charge in [0.25, 0.3) is 0 Å². The van der Waals surface area contributed by atoms with Crippen molar-refractivity contribution >= 4 is 11.0 Å². The van der Waals surface area contributed by atoms with Crippen molar-refractivity contribution in [3.63, 3.8) is 0 Å². The molecule has 1 fully saturated rings. The molecule has 27 heavy (non-hydrogen) atoms. The van der Waals surface area contributed by atoms with Crippen LogP contribution in [0.5, 0.6) is 0 Å². The van der Waals surface area contributed by atoms with Gasteiger partial charge in [-0.25, -0.2) is 9.37 Å². The molecule has 1 aliphatic heterocycles. The smallest absolute Gasteiger partial charge is 0.115 e. The molecular formula is C22H26FN3O. The molecule has 0 saturated carbocycles. The van der Waals surface area contributed by atoms with Crippen LogP contribution in [0.4, 0.5) is 4.39 Å². The van der Waals surface area contributed by atoms with Gasteiger partial charge in [0, 0.05) is 11.0 Å². The van der Waals surface area contributed by atoms with Crippen molar-refractivity contribution < 1.29 is 9.13 Å². The van der Waals surface area contributed by atoms with Crippen LogP contribution in [0.3, 0.4) is 0 Å². The lowest BCUT2D eigenvalue weighted by Crippen LogP contribution is -2.43. The molecule has 2 heterocycles. The first-order chi connectivity index (χ1) is 13.2. The summed E-state index contributed by atoms with van der Waals surface area (Å²) in [5, 5.41) is 0. The lowest BCUT2D eigenvalue weighted by atomic mass is 9.73. The Balaban J connectivity index is 1.53. The van der Waals surface area contributed by atoms with Crippen LogP contribution in [0.15, 0.2) is 48.8 Å². The van der Waals surface area contributed by atoms with E-state index in [0.717, 1.165) is 42.5 Å². The van der Waals surface area contributed by atoms with Crippen molar-refractivity contribution in [1.29, 1.82) is 0 Å². The molecule has 5 heteroatoms. The number of rotatable bonds is 6. The maximum Gasteiger partial charge on any atom is 0.115 e. The second-order valence-electron chi connectivity index (χ2n) is 7.63. The highest BCUT2D eigenvalue weighted by atomic mass is 19.1. The molecule has 0 atom stereocenters. The summed E-state index contributed by atoms with van der Waals surface area (Å²) >= 11 is 0. The number of fused-ring (bicyclic) bond motifs is 1. The Bertz CT molecular complexity index is 885. The number of likely N-dealkylation sites (tertiary alicyclic amines) is 1. The van der Waals surface area contributed by atoms with E-state index in [1.807, 2.05) is 12.1 Å². The largest absolute Gasteiger partial charge is 0.376 e. The van der Waals surface area contributed by atoms with E-state index in [1.165, 1.54) is 5.56 Å². The number of ether oxygens (including phenoxy) is 1. The minimum atomic E-state index is -0.484. The fourth-order valence-corrected chi connectivity index (χ4v) is 4.09. The zero-order valence-corrected chi connectivity index (χ0v) is 15.7.